The molecule has 1 aliphatic rings. The zero-order valence-electron chi connectivity index (χ0n) is 20.2. The Balaban J connectivity index is 3.12. The van der Waals surface area contributed by atoms with Gasteiger partial charge in [0.1, 0.15) is 6.04 Å². The number of piperidine rings is 1. The molecule has 0 aliphatic carbocycles. The van der Waals surface area contributed by atoms with Gasteiger partial charge in [-0.2, -0.15) is 0 Å². The van der Waals surface area contributed by atoms with Crippen LogP contribution in [-0.2, 0) is 14.4 Å². The molecular weight excluding hydrogens is 382 g/mol. The Labute approximate surface area is 181 Å². The standard InChI is InChI=1S/C23H41N3O4/c1-14(2)17(13-16(4)22(29)30)26(9)21(28)19(23(5,6)7)24-20(27)18-12-15(3)10-11-25(18)8/h13-15,17-19H,10-12H2,1-9H3,(H,24,27)(H,29,30)/t15-,17+,18+,19+/m0/s1. The number of carboxylic acids is 1. The third-order valence-corrected chi connectivity index (χ3v) is 6.07. The lowest BCUT2D eigenvalue weighted by Crippen LogP contribution is -2.60. The first-order valence-electron chi connectivity index (χ1n) is 10.9. The van der Waals surface area contributed by atoms with Crippen LogP contribution in [0.4, 0.5) is 0 Å². The van der Waals surface area contributed by atoms with Crippen molar-refractivity contribution in [2.45, 2.75) is 79.4 Å². The van der Waals surface area contributed by atoms with Gasteiger partial charge in [-0.05, 0) is 50.6 Å². The molecule has 1 saturated heterocycles. The normalized spacial score (nSPS) is 23.1. The smallest absolute Gasteiger partial charge is 0.331 e. The molecule has 7 heteroatoms. The summed E-state index contributed by atoms with van der Waals surface area (Å²) in [7, 11) is 3.63. The van der Waals surface area contributed by atoms with Crippen LogP contribution in [0.25, 0.3) is 0 Å². The maximum absolute atomic E-state index is 13.5. The third kappa shape index (κ3) is 6.83. The van der Waals surface area contributed by atoms with E-state index in [2.05, 4.69) is 17.1 Å². The van der Waals surface area contributed by atoms with Crippen molar-refractivity contribution in [3.63, 3.8) is 0 Å². The predicted molar refractivity (Wildman–Crippen MR) is 119 cm³/mol. The van der Waals surface area contributed by atoms with Crippen molar-refractivity contribution >= 4 is 17.8 Å². The van der Waals surface area contributed by atoms with Gasteiger partial charge in [-0.1, -0.05) is 47.6 Å². The van der Waals surface area contributed by atoms with E-state index in [0.29, 0.717) is 5.92 Å². The lowest BCUT2D eigenvalue weighted by atomic mass is 9.84. The highest BCUT2D eigenvalue weighted by Crippen LogP contribution is 2.26. The van der Waals surface area contributed by atoms with Crippen LogP contribution in [0.2, 0.25) is 0 Å². The number of hydrogen-bond acceptors (Lipinski definition) is 4. The number of carboxylic acid groups (broad SMARTS) is 1. The summed E-state index contributed by atoms with van der Waals surface area (Å²) in [6.45, 7) is 14.2. The zero-order valence-corrected chi connectivity index (χ0v) is 20.2. The average molecular weight is 424 g/mol. The molecule has 30 heavy (non-hydrogen) atoms. The van der Waals surface area contributed by atoms with E-state index in [4.69, 9.17) is 0 Å². The summed E-state index contributed by atoms with van der Waals surface area (Å²) in [5, 5.41) is 12.3. The van der Waals surface area contributed by atoms with Crippen LogP contribution in [0.15, 0.2) is 11.6 Å². The number of aliphatic carboxylic acids is 1. The molecule has 0 radical (unpaired) electrons. The average Bonchev–Trinajstić information content (AvgIpc) is 2.63. The van der Waals surface area contributed by atoms with E-state index in [-0.39, 0.29) is 35.4 Å². The van der Waals surface area contributed by atoms with E-state index in [1.165, 1.54) is 6.92 Å². The monoisotopic (exact) mass is 423 g/mol. The quantitative estimate of drug-likeness (QED) is 0.615. The van der Waals surface area contributed by atoms with Crippen molar-refractivity contribution in [1.82, 2.24) is 15.1 Å². The highest BCUT2D eigenvalue weighted by Gasteiger charge is 2.39. The van der Waals surface area contributed by atoms with Gasteiger partial charge < -0.3 is 15.3 Å². The lowest BCUT2D eigenvalue weighted by molar-refractivity contribution is -0.141. The molecule has 0 aromatic carbocycles. The van der Waals surface area contributed by atoms with Gasteiger partial charge >= 0.3 is 5.97 Å². The molecule has 0 bridgehead atoms. The molecule has 1 fully saturated rings. The highest BCUT2D eigenvalue weighted by atomic mass is 16.4. The maximum atomic E-state index is 13.5. The highest BCUT2D eigenvalue weighted by molar-refractivity contribution is 5.91. The maximum Gasteiger partial charge on any atom is 0.331 e. The molecule has 2 N–H and O–H groups in total. The molecule has 4 atom stereocenters. The van der Waals surface area contributed by atoms with Gasteiger partial charge in [0.2, 0.25) is 11.8 Å². The number of hydrogen-bond donors (Lipinski definition) is 2. The molecule has 172 valence electrons. The van der Waals surface area contributed by atoms with E-state index in [9.17, 15) is 19.5 Å². The third-order valence-electron chi connectivity index (χ3n) is 6.07. The number of nitrogens with zero attached hydrogens (tertiary/aromatic N) is 2. The minimum absolute atomic E-state index is 0.0231. The number of amides is 2. The van der Waals surface area contributed by atoms with Crippen LogP contribution in [0, 0.1) is 17.3 Å². The Bertz CT molecular complexity index is 666. The summed E-state index contributed by atoms with van der Waals surface area (Å²) in [5.74, 6) is -0.844. The minimum Gasteiger partial charge on any atom is -0.478 e. The Morgan fingerprint density at radius 1 is 1.23 bits per heavy atom. The van der Waals surface area contributed by atoms with Gasteiger partial charge in [0.15, 0.2) is 0 Å². The first-order chi connectivity index (χ1) is 13.7. The Morgan fingerprint density at radius 3 is 2.27 bits per heavy atom. The van der Waals surface area contributed by atoms with E-state index < -0.39 is 17.4 Å². The summed E-state index contributed by atoms with van der Waals surface area (Å²) in [4.78, 5) is 41.5. The summed E-state index contributed by atoms with van der Waals surface area (Å²) >= 11 is 0. The van der Waals surface area contributed by atoms with Crippen molar-refractivity contribution < 1.29 is 19.5 Å². The second-order valence-electron chi connectivity index (χ2n) is 10.3. The van der Waals surface area contributed by atoms with E-state index in [1.807, 2.05) is 41.7 Å². The van der Waals surface area contributed by atoms with Crippen LogP contribution < -0.4 is 5.32 Å². The fourth-order valence-corrected chi connectivity index (χ4v) is 3.88. The Hall–Kier alpha value is -1.89. The van der Waals surface area contributed by atoms with Crippen LogP contribution in [0.5, 0.6) is 0 Å². The molecular formula is C23H41N3O4. The van der Waals surface area contributed by atoms with E-state index in [1.54, 1.807) is 18.0 Å². The van der Waals surface area contributed by atoms with Crippen molar-refractivity contribution in [2.75, 3.05) is 20.6 Å². The summed E-state index contributed by atoms with van der Waals surface area (Å²) < 4.78 is 0. The zero-order chi connectivity index (χ0) is 23.4. The molecule has 0 aromatic heterocycles. The molecule has 0 saturated carbocycles. The number of carbonyl (C=O) groups excluding carboxylic acids is 2. The Morgan fingerprint density at radius 2 is 1.80 bits per heavy atom. The largest absolute Gasteiger partial charge is 0.478 e. The van der Waals surface area contributed by atoms with Crippen LogP contribution in [0.1, 0.15) is 61.3 Å². The molecule has 0 unspecified atom stereocenters. The lowest BCUT2D eigenvalue weighted by Gasteiger charge is -2.40. The minimum atomic E-state index is -1.00. The predicted octanol–water partition coefficient (Wildman–Crippen LogP) is 2.76. The fourth-order valence-electron chi connectivity index (χ4n) is 3.88. The van der Waals surface area contributed by atoms with Crippen LogP contribution in [0.3, 0.4) is 0 Å². The van der Waals surface area contributed by atoms with E-state index in [0.717, 1.165) is 19.4 Å². The van der Waals surface area contributed by atoms with Crippen molar-refractivity contribution in [2.24, 2.45) is 17.3 Å². The number of likely N-dealkylation sites (N-methyl/N-ethyl adjacent to an activating group) is 2. The summed E-state index contributed by atoms with van der Waals surface area (Å²) in [6, 6.07) is -1.33. The number of likely N-dealkylation sites (tertiary alicyclic amines) is 1. The molecule has 0 spiro atoms. The fraction of sp³-hybridized carbons (Fsp3) is 0.783. The molecule has 1 heterocycles. The van der Waals surface area contributed by atoms with Gasteiger partial charge in [0, 0.05) is 12.6 Å². The summed E-state index contributed by atoms with van der Waals surface area (Å²) in [5.41, 5.74) is -0.296. The van der Waals surface area contributed by atoms with Crippen LogP contribution >= 0.6 is 0 Å². The second kappa shape index (κ2) is 10.4. The molecule has 1 aliphatic heterocycles. The van der Waals surface area contributed by atoms with E-state index >= 15 is 0 Å². The molecule has 0 aromatic rings. The van der Waals surface area contributed by atoms with Gasteiger partial charge in [0.05, 0.1) is 12.1 Å². The van der Waals surface area contributed by atoms with Crippen molar-refractivity contribution in [3.05, 3.63) is 11.6 Å². The number of nitrogens with one attached hydrogen (secondary N) is 1. The van der Waals surface area contributed by atoms with Crippen molar-refractivity contribution in [1.29, 1.82) is 0 Å². The number of rotatable bonds is 7. The first-order valence-corrected chi connectivity index (χ1v) is 10.9. The Kier molecular flexibility index (Phi) is 9.08. The SMILES string of the molecule is CC(=C[C@H](C(C)C)N(C)C(=O)[C@@H](NC(=O)[C@H]1C[C@@H](C)CCN1C)C(C)(C)C)C(=O)O. The molecule has 2 amide bonds. The van der Waals surface area contributed by atoms with Gasteiger partial charge in [-0.3, -0.25) is 14.5 Å². The molecule has 7 nitrogen and oxygen atoms in total. The van der Waals surface area contributed by atoms with Gasteiger partial charge in [-0.25, -0.2) is 4.79 Å². The van der Waals surface area contributed by atoms with Crippen LogP contribution in [-0.4, -0.2) is 71.5 Å². The number of carbonyl (C=O) groups is 3. The van der Waals surface area contributed by atoms with Crippen molar-refractivity contribution in [3.8, 4) is 0 Å². The first kappa shape index (κ1) is 26.1. The molecule has 1 rings (SSSR count). The van der Waals surface area contributed by atoms with Gasteiger partial charge in [-0.15, -0.1) is 0 Å². The topological polar surface area (TPSA) is 90.0 Å². The van der Waals surface area contributed by atoms with Gasteiger partial charge in [0.25, 0.3) is 0 Å². The summed E-state index contributed by atoms with van der Waals surface area (Å²) in [6.07, 6.45) is 3.46. The second-order valence-corrected chi connectivity index (χ2v) is 10.3.